The van der Waals surface area contributed by atoms with Gasteiger partial charge in [-0.05, 0) is 55.0 Å². The first-order valence-corrected chi connectivity index (χ1v) is 10.8. The molecule has 0 atom stereocenters. The summed E-state index contributed by atoms with van der Waals surface area (Å²) in [6.45, 7) is 7.09. The molecule has 0 fully saturated rings. The van der Waals surface area contributed by atoms with Crippen molar-refractivity contribution in [2.45, 2.75) is 46.5 Å². The summed E-state index contributed by atoms with van der Waals surface area (Å²) in [5.74, 6) is -0.119. The standard InChI is InChI=1S/C26H31NO3/c1-5-26(6-2,7-3)24(28)22(19-11-9-8-10-12-19)18-27-16-15-20-17-21(25(29)30-4)13-14-23(20)27/h8-14,17-18H,5-7,15-16H2,1-4H3/b22-18+. The number of hydrogen-bond donors (Lipinski definition) is 0. The molecule has 4 heteroatoms. The first-order chi connectivity index (χ1) is 14.5. The Balaban J connectivity index is 2.05. The Bertz CT molecular complexity index is 934. The lowest BCUT2D eigenvalue weighted by molar-refractivity contribution is -0.123. The zero-order valence-corrected chi connectivity index (χ0v) is 18.4. The van der Waals surface area contributed by atoms with Gasteiger partial charge in [-0.25, -0.2) is 4.79 Å². The Kier molecular flexibility index (Phi) is 6.76. The fraction of sp³-hybridized carbons (Fsp3) is 0.385. The van der Waals surface area contributed by atoms with E-state index in [4.69, 9.17) is 4.74 Å². The summed E-state index contributed by atoms with van der Waals surface area (Å²) in [6.07, 6.45) is 5.30. The van der Waals surface area contributed by atoms with Crippen molar-refractivity contribution in [2.24, 2.45) is 5.41 Å². The van der Waals surface area contributed by atoms with Gasteiger partial charge >= 0.3 is 5.97 Å². The SMILES string of the molecule is CCC(CC)(CC)C(=O)/C(=C/N1CCc2cc(C(=O)OC)ccc21)c1ccccc1. The number of carbonyl (C=O) groups excluding carboxylic acids is 2. The maximum atomic E-state index is 13.8. The van der Waals surface area contributed by atoms with E-state index in [1.54, 1.807) is 6.07 Å². The molecule has 0 radical (unpaired) electrons. The number of hydrogen-bond acceptors (Lipinski definition) is 4. The van der Waals surface area contributed by atoms with Crippen molar-refractivity contribution in [3.63, 3.8) is 0 Å². The molecule has 158 valence electrons. The minimum Gasteiger partial charge on any atom is -0.465 e. The maximum Gasteiger partial charge on any atom is 0.337 e. The Labute approximate surface area is 179 Å². The van der Waals surface area contributed by atoms with Crippen LogP contribution in [-0.2, 0) is 16.0 Å². The van der Waals surface area contributed by atoms with Crippen LogP contribution in [0.3, 0.4) is 0 Å². The Morgan fingerprint density at radius 2 is 1.67 bits per heavy atom. The molecule has 2 aromatic carbocycles. The van der Waals surface area contributed by atoms with E-state index in [-0.39, 0.29) is 17.2 Å². The second-order valence-electron chi connectivity index (χ2n) is 7.86. The number of allylic oxidation sites excluding steroid dienone is 1. The number of benzene rings is 2. The molecule has 3 rings (SSSR count). The van der Waals surface area contributed by atoms with E-state index in [0.29, 0.717) is 5.56 Å². The number of Topliss-reactive ketones (excluding diaryl/α,β-unsaturated/α-hetero) is 1. The topological polar surface area (TPSA) is 46.6 Å². The first kappa shape index (κ1) is 21.8. The van der Waals surface area contributed by atoms with Crippen LogP contribution < -0.4 is 4.90 Å². The maximum absolute atomic E-state index is 13.8. The number of ketones is 1. The van der Waals surface area contributed by atoms with E-state index in [0.717, 1.165) is 54.6 Å². The molecule has 0 aliphatic carbocycles. The second kappa shape index (κ2) is 9.29. The summed E-state index contributed by atoms with van der Waals surface area (Å²) < 4.78 is 4.84. The molecule has 1 aliphatic heterocycles. The summed E-state index contributed by atoms with van der Waals surface area (Å²) in [6, 6.07) is 15.6. The fourth-order valence-corrected chi connectivity index (χ4v) is 4.36. The number of esters is 1. The second-order valence-corrected chi connectivity index (χ2v) is 7.86. The van der Waals surface area contributed by atoms with Crippen LogP contribution in [-0.4, -0.2) is 25.4 Å². The number of methoxy groups -OCH3 is 1. The van der Waals surface area contributed by atoms with Crippen molar-refractivity contribution in [1.82, 2.24) is 0 Å². The van der Waals surface area contributed by atoms with Crippen LogP contribution in [0.15, 0.2) is 54.7 Å². The minimum atomic E-state index is -0.348. The van der Waals surface area contributed by atoms with Crippen molar-refractivity contribution < 1.29 is 14.3 Å². The van der Waals surface area contributed by atoms with Gasteiger partial charge < -0.3 is 9.64 Å². The summed E-state index contributed by atoms with van der Waals surface area (Å²) in [7, 11) is 1.39. The third-order valence-corrected chi connectivity index (χ3v) is 6.56. The van der Waals surface area contributed by atoms with E-state index in [1.807, 2.05) is 48.7 Å². The Morgan fingerprint density at radius 1 is 1.00 bits per heavy atom. The van der Waals surface area contributed by atoms with Gasteiger partial charge in [0.25, 0.3) is 0 Å². The van der Waals surface area contributed by atoms with E-state index in [9.17, 15) is 9.59 Å². The van der Waals surface area contributed by atoms with Crippen LogP contribution in [0.5, 0.6) is 0 Å². The van der Waals surface area contributed by atoms with Crippen LogP contribution in [0.4, 0.5) is 5.69 Å². The smallest absolute Gasteiger partial charge is 0.337 e. The van der Waals surface area contributed by atoms with Crippen molar-refractivity contribution in [3.8, 4) is 0 Å². The van der Waals surface area contributed by atoms with Crippen molar-refractivity contribution in [1.29, 1.82) is 0 Å². The monoisotopic (exact) mass is 405 g/mol. The highest BCUT2D eigenvalue weighted by molar-refractivity contribution is 6.23. The largest absolute Gasteiger partial charge is 0.465 e. The molecule has 0 unspecified atom stereocenters. The molecular weight excluding hydrogens is 374 g/mol. The molecule has 30 heavy (non-hydrogen) atoms. The number of nitrogens with zero attached hydrogens (tertiary/aromatic N) is 1. The molecule has 0 N–H and O–H groups in total. The van der Waals surface area contributed by atoms with E-state index < -0.39 is 0 Å². The van der Waals surface area contributed by atoms with Crippen molar-refractivity contribution >= 4 is 23.0 Å². The molecule has 2 aromatic rings. The van der Waals surface area contributed by atoms with Crippen LogP contribution in [0.2, 0.25) is 0 Å². The Morgan fingerprint density at radius 3 is 2.27 bits per heavy atom. The van der Waals surface area contributed by atoms with Crippen LogP contribution in [0.25, 0.3) is 5.57 Å². The fourth-order valence-electron chi connectivity index (χ4n) is 4.36. The molecule has 1 heterocycles. The average Bonchev–Trinajstić information content (AvgIpc) is 3.20. The predicted molar refractivity (Wildman–Crippen MR) is 122 cm³/mol. The summed E-state index contributed by atoms with van der Waals surface area (Å²) in [4.78, 5) is 27.8. The highest BCUT2D eigenvalue weighted by Gasteiger charge is 2.36. The average molecular weight is 406 g/mol. The first-order valence-electron chi connectivity index (χ1n) is 10.8. The summed E-state index contributed by atoms with van der Waals surface area (Å²) in [5.41, 5.74) is 4.05. The van der Waals surface area contributed by atoms with Gasteiger partial charge in [0.15, 0.2) is 5.78 Å². The van der Waals surface area contributed by atoms with E-state index in [1.165, 1.54) is 7.11 Å². The number of ether oxygens (including phenoxy) is 1. The number of anilines is 1. The third-order valence-electron chi connectivity index (χ3n) is 6.56. The van der Waals surface area contributed by atoms with E-state index in [2.05, 4.69) is 25.7 Å². The molecule has 0 aromatic heterocycles. The highest BCUT2D eigenvalue weighted by Crippen LogP contribution is 2.38. The van der Waals surface area contributed by atoms with Gasteiger partial charge in [0, 0.05) is 29.4 Å². The van der Waals surface area contributed by atoms with Gasteiger partial charge in [-0.1, -0.05) is 51.1 Å². The molecule has 0 saturated heterocycles. The van der Waals surface area contributed by atoms with Crippen LogP contribution >= 0.6 is 0 Å². The van der Waals surface area contributed by atoms with Gasteiger partial charge in [-0.2, -0.15) is 0 Å². The lowest BCUT2D eigenvalue weighted by atomic mass is 9.72. The molecule has 4 nitrogen and oxygen atoms in total. The predicted octanol–water partition coefficient (Wildman–Crippen LogP) is 5.66. The summed E-state index contributed by atoms with van der Waals surface area (Å²) >= 11 is 0. The molecule has 0 spiro atoms. The molecule has 0 saturated carbocycles. The molecule has 0 bridgehead atoms. The zero-order valence-electron chi connectivity index (χ0n) is 18.4. The number of carbonyl (C=O) groups is 2. The molecular formula is C26H31NO3. The van der Waals surface area contributed by atoms with E-state index >= 15 is 0 Å². The summed E-state index contributed by atoms with van der Waals surface area (Å²) in [5, 5.41) is 0. The van der Waals surface area contributed by atoms with Gasteiger partial charge in [0.05, 0.1) is 12.7 Å². The minimum absolute atomic E-state index is 0.209. The van der Waals surface area contributed by atoms with Gasteiger partial charge in [-0.15, -0.1) is 0 Å². The van der Waals surface area contributed by atoms with Gasteiger partial charge in [0.2, 0.25) is 0 Å². The molecule has 0 amide bonds. The van der Waals surface area contributed by atoms with Crippen molar-refractivity contribution in [2.75, 3.05) is 18.6 Å². The number of fused-ring (bicyclic) bond motifs is 1. The zero-order chi connectivity index (χ0) is 21.7. The highest BCUT2D eigenvalue weighted by atomic mass is 16.5. The number of rotatable bonds is 8. The quantitative estimate of drug-likeness (QED) is 0.420. The molecule has 1 aliphatic rings. The van der Waals surface area contributed by atoms with Crippen LogP contribution in [0, 0.1) is 5.41 Å². The normalized spacial score (nSPS) is 13.9. The van der Waals surface area contributed by atoms with Gasteiger partial charge in [-0.3, -0.25) is 4.79 Å². The lowest BCUT2D eigenvalue weighted by Gasteiger charge is -2.30. The Hall–Kier alpha value is -2.88. The van der Waals surface area contributed by atoms with Crippen molar-refractivity contribution in [3.05, 3.63) is 71.4 Å². The van der Waals surface area contributed by atoms with Crippen LogP contribution in [0.1, 0.15) is 61.5 Å². The van der Waals surface area contributed by atoms with Gasteiger partial charge in [0.1, 0.15) is 0 Å². The lowest BCUT2D eigenvalue weighted by Crippen LogP contribution is -2.31. The third kappa shape index (κ3) is 4.04.